The molecule has 0 atom stereocenters. The van der Waals surface area contributed by atoms with Crippen LogP contribution in [0.3, 0.4) is 0 Å². The van der Waals surface area contributed by atoms with Crippen LogP contribution in [0.4, 0.5) is 0 Å². The summed E-state index contributed by atoms with van der Waals surface area (Å²) >= 11 is 0. The normalized spacial score (nSPS) is 19.6. The van der Waals surface area contributed by atoms with Gasteiger partial charge in [0.05, 0.1) is 5.56 Å². The van der Waals surface area contributed by atoms with E-state index in [2.05, 4.69) is 22.3 Å². The minimum atomic E-state index is -0.535. The third-order valence-electron chi connectivity index (χ3n) is 6.06. The fourth-order valence-electron chi connectivity index (χ4n) is 4.50. The maximum absolute atomic E-state index is 12.9. The molecule has 6 heteroatoms. The number of rotatable bonds is 3. The molecule has 2 amide bonds. The van der Waals surface area contributed by atoms with Gasteiger partial charge in [0.2, 0.25) is 5.91 Å². The molecule has 28 heavy (non-hydrogen) atoms. The molecule has 0 aliphatic carbocycles. The Hall–Kier alpha value is -2.60. The van der Waals surface area contributed by atoms with Crippen LogP contribution in [-0.2, 0) is 11.3 Å². The molecule has 2 aliphatic heterocycles. The maximum atomic E-state index is 12.9. The molecular formula is C22H27N3O3. The van der Waals surface area contributed by atoms with Crippen molar-refractivity contribution in [2.45, 2.75) is 38.8 Å². The third-order valence-corrected chi connectivity index (χ3v) is 6.06. The van der Waals surface area contributed by atoms with Crippen molar-refractivity contribution in [1.82, 2.24) is 15.1 Å². The summed E-state index contributed by atoms with van der Waals surface area (Å²) in [5.74, 6) is 1.49. The average molecular weight is 381 g/mol. The van der Waals surface area contributed by atoms with E-state index in [-0.39, 0.29) is 11.8 Å². The Balaban J connectivity index is 1.50. The number of benzene rings is 1. The van der Waals surface area contributed by atoms with E-state index in [4.69, 9.17) is 4.42 Å². The topological polar surface area (TPSA) is 65.8 Å². The second-order valence-electron chi connectivity index (χ2n) is 7.81. The van der Waals surface area contributed by atoms with Crippen LogP contribution >= 0.6 is 0 Å². The van der Waals surface area contributed by atoms with Gasteiger partial charge in [-0.05, 0) is 38.3 Å². The van der Waals surface area contributed by atoms with Crippen LogP contribution in [-0.4, -0.2) is 53.3 Å². The third kappa shape index (κ3) is 3.33. The zero-order valence-corrected chi connectivity index (χ0v) is 16.5. The fraction of sp³-hybridized carbons (Fsp3) is 0.455. The summed E-state index contributed by atoms with van der Waals surface area (Å²) in [4.78, 5) is 30.0. The van der Waals surface area contributed by atoms with Crippen LogP contribution in [0, 0.1) is 13.8 Å². The summed E-state index contributed by atoms with van der Waals surface area (Å²) in [7, 11) is 0. The second kappa shape index (κ2) is 7.43. The van der Waals surface area contributed by atoms with Crippen molar-refractivity contribution in [3.05, 3.63) is 59.0 Å². The Bertz CT molecular complexity index is 866. The number of amides is 2. The molecule has 0 bridgehead atoms. The minimum absolute atomic E-state index is 0.00460. The van der Waals surface area contributed by atoms with Crippen molar-refractivity contribution in [1.29, 1.82) is 0 Å². The van der Waals surface area contributed by atoms with Gasteiger partial charge in [0, 0.05) is 32.7 Å². The number of hydrogen-bond acceptors (Lipinski definition) is 4. The van der Waals surface area contributed by atoms with Gasteiger partial charge < -0.3 is 14.6 Å². The quantitative estimate of drug-likeness (QED) is 0.887. The molecular weight excluding hydrogens is 354 g/mol. The molecule has 6 nitrogen and oxygen atoms in total. The first-order valence-electron chi connectivity index (χ1n) is 9.93. The summed E-state index contributed by atoms with van der Waals surface area (Å²) in [5.41, 5.74) is 1.30. The van der Waals surface area contributed by atoms with Crippen LogP contribution < -0.4 is 5.32 Å². The van der Waals surface area contributed by atoms with E-state index in [0.717, 1.165) is 18.8 Å². The van der Waals surface area contributed by atoms with Crippen molar-refractivity contribution in [3.63, 3.8) is 0 Å². The van der Waals surface area contributed by atoms with E-state index in [1.165, 1.54) is 5.56 Å². The first kappa shape index (κ1) is 18.7. The Kier molecular flexibility index (Phi) is 4.98. The number of hydrogen-bond donors (Lipinski definition) is 1. The summed E-state index contributed by atoms with van der Waals surface area (Å²) in [6.45, 7) is 7.06. The lowest BCUT2D eigenvalue weighted by Crippen LogP contribution is -2.67. The van der Waals surface area contributed by atoms with E-state index >= 15 is 0 Å². The van der Waals surface area contributed by atoms with Crippen LogP contribution in [0.2, 0.25) is 0 Å². The van der Waals surface area contributed by atoms with Gasteiger partial charge in [0.15, 0.2) is 0 Å². The lowest BCUT2D eigenvalue weighted by Gasteiger charge is -2.50. The molecule has 3 heterocycles. The van der Waals surface area contributed by atoms with Gasteiger partial charge in [-0.1, -0.05) is 30.3 Å². The van der Waals surface area contributed by atoms with E-state index in [9.17, 15) is 9.59 Å². The number of nitrogens with zero attached hydrogens (tertiary/aromatic N) is 2. The number of aryl methyl sites for hydroxylation is 2. The summed E-state index contributed by atoms with van der Waals surface area (Å²) in [5, 5.41) is 3.05. The smallest absolute Gasteiger partial charge is 0.257 e. The lowest BCUT2D eigenvalue weighted by atomic mass is 9.82. The highest BCUT2D eigenvalue weighted by Crippen LogP contribution is 2.33. The van der Waals surface area contributed by atoms with Crippen molar-refractivity contribution in [2.75, 3.05) is 26.2 Å². The molecule has 148 valence electrons. The number of carbonyl (C=O) groups excluding carboxylic acids is 2. The summed E-state index contributed by atoms with van der Waals surface area (Å²) in [6.07, 6.45) is 1.29. The highest BCUT2D eigenvalue weighted by molar-refractivity contribution is 5.96. The Morgan fingerprint density at radius 3 is 2.50 bits per heavy atom. The number of furan rings is 1. The van der Waals surface area contributed by atoms with Gasteiger partial charge in [-0.2, -0.15) is 0 Å². The van der Waals surface area contributed by atoms with Gasteiger partial charge in [-0.15, -0.1) is 0 Å². The number of likely N-dealkylation sites (tertiary alicyclic amines) is 1. The van der Waals surface area contributed by atoms with Crippen molar-refractivity contribution in [2.24, 2.45) is 0 Å². The van der Waals surface area contributed by atoms with Crippen LogP contribution in [0.5, 0.6) is 0 Å². The molecule has 1 aromatic heterocycles. The van der Waals surface area contributed by atoms with Gasteiger partial charge in [0.1, 0.15) is 17.1 Å². The van der Waals surface area contributed by atoms with Gasteiger partial charge >= 0.3 is 0 Å². The zero-order valence-electron chi connectivity index (χ0n) is 16.5. The molecule has 2 saturated heterocycles. The Labute approximate surface area is 165 Å². The lowest BCUT2D eigenvalue weighted by molar-refractivity contribution is -0.141. The van der Waals surface area contributed by atoms with Crippen molar-refractivity contribution >= 4 is 11.8 Å². The summed E-state index contributed by atoms with van der Waals surface area (Å²) < 4.78 is 5.52. The second-order valence-corrected chi connectivity index (χ2v) is 7.81. The van der Waals surface area contributed by atoms with E-state index < -0.39 is 5.54 Å². The largest absolute Gasteiger partial charge is 0.466 e. The van der Waals surface area contributed by atoms with Crippen LogP contribution in [0.15, 0.2) is 40.8 Å². The monoisotopic (exact) mass is 381 g/mol. The van der Waals surface area contributed by atoms with Crippen LogP contribution in [0.25, 0.3) is 0 Å². The SMILES string of the molecule is Cc1cc(C(=O)N2CCC3(CC2)C(=O)NCCN3Cc2ccccc2)c(C)o1. The molecule has 1 N–H and O–H groups in total. The highest BCUT2D eigenvalue weighted by atomic mass is 16.3. The van der Waals surface area contributed by atoms with Gasteiger partial charge in [-0.3, -0.25) is 14.5 Å². The van der Waals surface area contributed by atoms with E-state index in [1.807, 2.05) is 36.9 Å². The van der Waals surface area contributed by atoms with E-state index in [1.54, 1.807) is 6.07 Å². The molecule has 1 spiro atoms. The van der Waals surface area contributed by atoms with Crippen molar-refractivity contribution < 1.29 is 14.0 Å². The molecule has 0 unspecified atom stereocenters. The predicted octanol–water partition coefficient (Wildman–Crippen LogP) is 2.50. The molecule has 2 fully saturated rings. The molecule has 0 radical (unpaired) electrons. The number of piperidine rings is 1. The Morgan fingerprint density at radius 1 is 1.14 bits per heavy atom. The first-order chi connectivity index (χ1) is 13.5. The molecule has 2 aliphatic rings. The fourth-order valence-corrected chi connectivity index (χ4v) is 4.50. The zero-order chi connectivity index (χ0) is 19.7. The Morgan fingerprint density at radius 2 is 1.86 bits per heavy atom. The van der Waals surface area contributed by atoms with Gasteiger partial charge in [-0.25, -0.2) is 0 Å². The molecule has 2 aromatic rings. The van der Waals surface area contributed by atoms with E-state index in [0.29, 0.717) is 43.8 Å². The van der Waals surface area contributed by atoms with Gasteiger partial charge in [0.25, 0.3) is 5.91 Å². The molecule has 0 saturated carbocycles. The number of piperazine rings is 1. The number of carbonyl (C=O) groups is 2. The van der Waals surface area contributed by atoms with Crippen LogP contribution in [0.1, 0.15) is 40.3 Å². The first-order valence-corrected chi connectivity index (χ1v) is 9.93. The molecule has 1 aromatic carbocycles. The maximum Gasteiger partial charge on any atom is 0.257 e. The molecule has 4 rings (SSSR count). The minimum Gasteiger partial charge on any atom is -0.466 e. The van der Waals surface area contributed by atoms with Crippen molar-refractivity contribution in [3.8, 4) is 0 Å². The number of nitrogens with one attached hydrogen (secondary N) is 1. The summed E-state index contributed by atoms with van der Waals surface area (Å²) in [6, 6.07) is 12.1. The standard InChI is InChI=1S/C22H27N3O3/c1-16-14-19(17(2)28-16)20(26)24-11-8-22(9-12-24)21(27)23-10-13-25(22)15-18-6-4-3-5-7-18/h3-7,14H,8-13,15H2,1-2H3,(H,23,27). The predicted molar refractivity (Wildman–Crippen MR) is 106 cm³/mol. The average Bonchev–Trinajstić information content (AvgIpc) is 3.04. The highest BCUT2D eigenvalue weighted by Gasteiger charge is 2.48.